The molecule has 4 heteroatoms. The van der Waals surface area contributed by atoms with Gasteiger partial charge in [-0.25, -0.2) is 0 Å². The number of hydrogen-bond donors (Lipinski definition) is 1. The highest BCUT2D eigenvalue weighted by molar-refractivity contribution is 5.93. The van der Waals surface area contributed by atoms with Gasteiger partial charge >= 0.3 is 0 Å². The zero-order valence-electron chi connectivity index (χ0n) is 15.8. The summed E-state index contributed by atoms with van der Waals surface area (Å²) < 4.78 is 0. The monoisotopic (exact) mass is 351 g/mol. The molecule has 4 nitrogen and oxygen atoms in total. The smallest absolute Gasteiger partial charge is 0.238 e. The van der Waals surface area contributed by atoms with Gasteiger partial charge in [0.15, 0.2) is 0 Å². The number of benzene rings is 2. The van der Waals surface area contributed by atoms with Gasteiger partial charge < -0.3 is 5.32 Å². The Morgan fingerprint density at radius 2 is 1.65 bits per heavy atom. The molecule has 1 saturated heterocycles. The van der Waals surface area contributed by atoms with E-state index in [0.717, 1.165) is 38.3 Å². The van der Waals surface area contributed by atoms with Crippen LogP contribution in [0.3, 0.4) is 0 Å². The number of piperazine rings is 1. The minimum Gasteiger partial charge on any atom is -0.325 e. The molecular formula is C22H29N3O. The molecule has 1 fully saturated rings. The van der Waals surface area contributed by atoms with E-state index in [1.165, 1.54) is 11.1 Å². The molecule has 2 aromatic carbocycles. The number of nitrogens with one attached hydrogen (secondary N) is 1. The minimum absolute atomic E-state index is 0.0791. The molecule has 0 aromatic heterocycles. The zero-order chi connectivity index (χ0) is 18.4. The van der Waals surface area contributed by atoms with Crippen molar-refractivity contribution in [3.63, 3.8) is 0 Å². The van der Waals surface area contributed by atoms with Crippen LogP contribution < -0.4 is 5.32 Å². The maximum atomic E-state index is 12.4. The molecule has 26 heavy (non-hydrogen) atoms. The van der Waals surface area contributed by atoms with Crippen molar-refractivity contribution in [3.8, 4) is 0 Å². The summed E-state index contributed by atoms with van der Waals surface area (Å²) in [5.74, 6) is 0.0791. The van der Waals surface area contributed by atoms with Crippen LogP contribution in [0, 0.1) is 0 Å². The van der Waals surface area contributed by atoms with Crippen LogP contribution in [0.4, 0.5) is 5.69 Å². The van der Waals surface area contributed by atoms with Gasteiger partial charge in [-0.2, -0.15) is 0 Å². The molecule has 1 N–H and O–H groups in total. The fraction of sp³-hybridized carbons (Fsp3) is 0.409. The lowest BCUT2D eigenvalue weighted by atomic mass is 10.1. The van der Waals surface area contributed by atoms with Crippen LogP contribution in [0.2, 0.25) is 0 Å². The summed E-state index contributed by atoms with van der Waals surface area (Å²) in [6.45, 7) is 8.69. The van der Waals surface area contributed by atoms with Crippen LogP contribution in [0.5, 0.6) is 0 Å². The van der Waals surface area contributed by atoms with Gasteiger partial charge in [-0.3, -0.25) is 14.6 Å². The Kier molecular flexibility index (Phi) is 6.42. The third-order valence-electron chi connectivity index (χ3n) is 5.28. The van der Waals surface area contributed by atoms with Crippen molar-refractivity contribution in [2.45, 2.75) is 26.3 Å². The first-order chi connectivity index (χ1) is 12.7. The van der Waals surface area contributed by atoms with Gasteiger partial charge in [-0.15, -0.1) is 0 Å². The van der Waals surface area contributed by atoms with Crippen LogP contribution in [0.25, 0.3) is 0 Å². The summed E-state index contributed by atoms with van der Waals surface area (Å²) in [4.78, 5) is 17.2. The highest BCUT2D eigenvalue weighted by atomic mass is 16.2. The minimum atomic E-state index is 0.0791. The Labute approximate surface area is 156 Å². The second kappa shape index (κ2) is 8.97. The standard InChI is InChI=1S/C22H29N3O/c1-3-19-9-7-8-12-21(19)23-22(26)17-24-13-15-25(16-14-24)18(2)20-10-5-4-6-11-20/h4-12,18H,3,13-17H2,1-2H3,(H,23,26)/t18-/m0/s1. The van der Waals surface area contributed by atoms with Gasteiger partial charge in [0.1, 0.15) is 0 Å². The number of rotatable bonds is 6. The highest BCUT2D eigenvalue weighted by Crippen LogP contribution is 2.21. The summed E-state index contributed by atoms with van der Waals surface area (Å²) in [6.07, 6.45) is 0.923. The summed E-state index contributed by atoms with van der Waals surface area (Å²) in [5.41, 5.74) is 3.48. The van der Waals surface area contributed by atoms with Gasteiger partial charge in [-0.05, 0) is 30.5 Å². The number of carbonyl (C=O) groups excluding carboxylic acids is 1. The van der Waals surface area contributed by atoms with Crippen LogP contribution in [-0.2, 0) is 11.2 Å². The van der Waals surface area contributed by atoms with E-state index in [0.29, 0.717) is 12.6 Å². The molecule has 2 aromatic rings. The number of nitrogens with zero attached hydrogens (tertiary/aromatic N) is 2. The predicted octanol–water partition coefficient (Wildman–Crippen LogP) is 3.57. The van der Waals surface area contributed by atoms with Crippen molar-refractivity contribution in [2.75, 3.05) is 38.0 Å². The third kappa shape index (κ3) is 4.71. The Balaban J connectivity index is 1.48. The number of carbonyl (C=O) groups is 1. The molecule has 3 rings (SSSR count). The van der Waals surface area contributed by atoms with E-state index in [4.69, 9.17) is 0 Å². The van der Waals surface area contributed by atoms with E-state index < -0.39 is 0 Å². The van der Waals surface area contributed by atoms with Crippen LogP contribution in [0.15, 0.2) is 54.6 Å². The van der Waals surface area contributed by atoms with Crippen molar-refractivity contribution in [1.29, 1.82) is 0 Å². The number of amides is 1. The van der Waals surface area contributed by atoms with Gasteiger partial charge in [0.2, 0.25) is 5.91 Å². The lowest BCUT2D eigenvalue weighted by molar-refractivity contribution is -0.117. The van der Waals surface area contributed by atoms with Crippen molar-refractivity contribution in [3.05, 3.63) is 65.7 Å². The quantitative estimate of drug-likeness (QED) is 0.864. The zero-order valence-corrected chi connectivity index (χ0v) is 15.8. The first-order valence-corrected chi connectivity index (χ1v) is 9.56. The summed E-state index contributed by atoms with van der Waals surface area (Å²) in [6, 6.07) is 19.1. The molecule has 0 spiro atoms. The van der Waals surface area contributed by atoms with Gasteiger partial charge in [0, 0.05) is 37.9 Å². The SMILES string of the molecule is CCc1ccccc1NC(=O)CN1CCN([C@@H](C)c2ccccc2)CC1. The van der Waals surface area contributed by atoms with Crippen molar-refractivity contribution >= 4 is 11.6 Å². The molecule has 0 unspecified atom stereocenters. The average Bonchev–Trinajstić information content (AvgIpc) is 2.69. The van der Waals surface area contributed by atoms with Crippen LogP contribution >= 0.6 is 0 Å². The second-order valence-corrected chi connectivity index (χ2v) is 6.96. The number of aryl methyl sites for hydroxylation is 1. The molecule has 1 heterocycles. The fourth-order valence-electron chi connectivity index (χ4n) is 3.59. The molecular weight excluding hydrogens is 322 g/mol. The lowest BCUT2D eigenvalue weighted by Crippen LogP contribution is -2.49. The lowest BCUT2D eigenvalue weighted by Gasteiger charge is -2.38. The Hall–Kier alpha value is -2.17. The van der Waals surface area contributed by atoms with E-state index in [1.807, 2.05) is 18.2 Å². The molecule has 1 aliphatic rings. The first kappa shape index (κ1) is 18.6. The number of hydrogen-bond acceptors (Lipinski definition) is 3. The molecule has 0 radical (unpaired) electrons. The van der Waals surface area contributed by atoms with Gasteiger partial charge in [-0.1, -0.05) is 55.5 Å². The maximum Gasteiger partial charge on any atom is 0.238 e. The van der Waals surface area contributed by atoms with Crippen molar-refractivity contribution in [2.24, 2.45) is 0 Å². The predicted molar refractivity (Wildman–Crippen MR) is 107 cm³/mol. The summed E-state index contributed by atoms with van der Waals surface area (Å²) >= 11 is 0. The van der Waals surface area contributed by atoms with Crippen molar-refractivity contribution < 1.29 is 4.79 Å². The van der Waals surface area contributed by atoms with Crippen LogP contribution in [0.1, 0.15) is 31.0 Å². The fourth-order valence-corrected chi connectivity index (χ4v) is 3.59. The average molecular weight is 351 g/mol. The Morgan fingerprint density at radius 1 is 1.00 bits per heavy atom. The van der Waals surface area contributed by atoms with E-state index in [9.17, 15) is 4.79 Å². The molecule has 138 valence electrons. The first-order valence-electron chi connectivity index (χ1n) is 9.56. The van der Waals surface area contributed by atoms with Gasteiger partial charge in [0.05, 0.1) is 6.54 Å². The summed E-state index contributed by atoms with van der Waals surface area (Å²) in [7, 11) is 0. The van der Waals surface area contributed by atoms with Crippen molar-refractivity contribution in [1.82, 2.24) is 9.80 Å². The normalized spacial score (nSPS) is 17.0. The molecule has 1 amide bonds. The second-order valence-electron chi connectivity index (χ2n) is 6.96. The molecule has 1 aliphatic heterocycles. The largest absolute Gasteiger partial charge is 0.325 e. The number of para-hydroxylation sites is 1. The molecule has 1 atom stereocenters. The summed E-state index contributed by atoms with van der Waals surface area (Å²) in [5, 5.41) is 3.07. The van der Waals surface area contributed by atoms with E-state index in [2.05, 4.69) is 65.4 Å². The Bertz CT molecular complexity index is 708. The Morgan fingerprint density at radius 3 is 2.35 bits per heavy atom. The topological polar surface area (TPSA) is 35.6 Å². The molecule has 0 aliphatic carbocycles. The number of anilines is 1. The van der Waals surface area contributed by atoms with E-state index >= 15 is 0 Å². The van der Waals surface area contributed by atoms with E-state index in [-0.39, 0.29) is 5.91 Å². The molecule has 0 bridgehead atoms. The van der Waals surface area contributed by atoms with E-state index in [1.54, 1.807) is 0 Å². The van der Waals surface area contributed by atoms with Crippen LogP contribution in [-0.4, -0.2) is 48.4 Å². The molecule has 0 saturated carbocycles. The maximum absolute atomic E-state index is 12.4. The van der Waals surface area contributed by atoms with Gasteiger partial charge in [0.25, 0.3) is 0 Å². The third-order valence-corrected chi connectivity index (χ3v) is 5.28. The highest BCUT2D eigenvalue weighted by Gasteiger charge is 2.23.